The van der Waals surface area contributed by atoms with Crippen molar-refractivity contribution in [2.75, 3.05) is 0 Å². The number of hydrogen-bond acceptors (Lipinski definition) is 2. The molecule has 1 N–H and O–H groups in total. The maximum absolute atomic E-state index is 13.0. The number of amides is 1. The number of nitrogens with one attached hydrogen (secondary N) is 1. The summed E-state index contributed by atoms with van der Waals surface area (Å²) in [7, 11) is 0. The zero-order valence-corrected chi connectivity index (χ0v) is 19.6. The van der Waals surface area contributed by atoms with E-state index in [1.54, 1.807) is 0 Å². The van der Waals surface area contributed by atoms with Crippen LogP contribution in [-0.2, 0) is 11.3 Å². The topological polar surface area (TPSA) is 43.3 Å². The summed E-state index contributed by atoms with van der Waals surface area (Å²) in [5, 5.41) is 4.34. The number of para-hydroxylation sites is 2. The molecule has 0 aliphatic carbocycles. The van der Waals surface area contributed by atoms with Crippen molar-refractivity contribution in [1.82, 2.24) is 9.88 Å². The van der Waals surface area contributed by atoms with Crippen LogP contribution in [0.3, 0.4) is 0 Å². The van der Waals surface area contributed by atoms with Gasteiger partial charge in [-0.05, 0) is 61.7 Å². The number of benzene rings is 3. The van der Waals surface area contributed by atoms with Gasteiger partial charge in [-0.15, -0.1) is 0 Å². The molecule has 4 nitrogen and oxygen atoms in total. The summed E-state index contributed by atoms with van der Waals surface area (Å²) in [6, 6.07) is 26.5. The average Bonchev–Trinajstić information content (AvgIpc) is 3.22. The molecule has 2 unspecified atom stereocenters. The Morgan fingerprint density at radius 2 is 1.67 bits per heavy atom. The first-order valence-corrected chi connectivity index (χ1v) is 11.8. The number of hydrogen-bond donors (Lipinski definition) is 1. The zero-order chi connectivity index (χ0) is 23.2. The van der Waals surface area contributed by atoms with Crippen LogP contribution in [0.1, 0.15) is 50.7 Å². The molecule has 4 rings (SSSR count). The maximum Gasteiger partial charge on any atom is 0.221 e. The zero-order valence-electron chi connectivity index (χ0n) is 19.6. The molecule has 0 aliphatic rings. The predicted molar refractivity (Wildman–Crippen MR) is 135 cm³/mol. The SMILES string of the molecule is CCC(C)NC(=O)CC(c1cccc(Oc2ccccc2)c1)c1cn(CC)c2ccccc12. The highest BCUT2D eigenvalue weighted by Gasteiger charge is 2.23. The van der Waals surface area contributed by atoms with Crippen molar-refractivity contribution >= 4 is 16.8 Å². The summed E-state index contributed by atoms with van der Waals surface area (Å²) in [4.78, 5) is 13.0. The van der Waals surface area contributed by atoms with Crippen LogP contribution in [0.15, 0.2) is 85.1 Å². The van der Waals surface area contributed by atoms with Crippen LogP contribution in [0.4, 0.5) is 0 Å². The fourth-order valence-electron chi connectivity index (χ4n) is 4.26. The third-order valence-electron chi connectivity index (χ3n) is 6.18. The highest BCUT2D eigenvalue weighted by atomic mass is 16.5. The molecule has 1 aromatic heterocycles. The van der Waals surface area contributed by atoms with Gasteiger partial charge < -0.3 is 14.6 Å². The van der Waals surface area contributed by atoms with Gasteiger partial charge in [-0.2, -0.15) is 0 Å². The predicted octanol–water partition coefficient (Wildman–Crippen LogP) is 6.89. The van der Waals surface area contributed by atoms with E-state index in [9.17, 15) is 4.79 Å². The van der Waals surface area contributed by atoms with Crippen molar-refractivity contribution in [3.8, 4) is 11.5 Å². The second-order valence-corrected chi connectivity index (χ2v) is 8.51. The van der Waals surface area contributed by atoms with Gasteiger partial charge in [-0.1, -0.05) is 55.5 Å². The molecule has 0 saturated carbocycles. The number of rotatable bonds is 9. The van der Waals surface area contributed by atoms with Crippen LogP contribution in [0.25, 0.3) is 10.9 Å². The van der Waals surface area contributed by atoms with Crippen molar-refractivity contribution < 1.29 is 9.53 Å². The van der Waals surface area contributed by atoms with Gasteiger partial charge in [0.25, 0.3) is 0 Å². The Labute approximate surface area is 196 Å². The van der Waals surface area contributed by atoms with E-state index < -0.39 is 0 Å². The summed E-state index contributed by atoms with van der Waals surface area (Å²) in [6.07, 6.45) is 3.50. The lowest BCUT2D eigenvalue weighted by Gasteiger charge is -2.20. The smallest absolute Gasteiger partial charge is 0.221 e. The number of carbonyl (C=O) groups excluding carboxylic acids is 1. The molecule has 0 bridgehead atoms. The number of fused-ring (bicyclic) bond motifs is 1. The first kappa shape index (κ1) is 22.7. The van der Waals surface area contributed by atoms with Gasteiger partial charge >= 0.3 is 0 Å². The summed E-state index contributed by atoms with van der Waals surface area (Å²) < 4.78 is 8.36. The molecule has 0 radical (unpaired) electrons. The number of aryl methyl sites for hydroxylation is 1. The van der Waals surface area contributed by atoms with Crippen molar-refractivity contribution in [3.05, 3.63) is 96.2 Å². The lowest BCUT2D eigenvalue weighted by molar-refractivity contribution is -0.121. The summed E-state index contributed by atoms with van der Waals surface area (Å²) in [6.45, 7) is 7.16. The minimum Gasteiger partial charge on any atom is -0.457 e. The molecule has 2 atom stereocenters. The van der Waals surface area contributed by atoms with Gasteiger partial charge in [-0.25, -0.2) is 0 Å². The Kier molecular flexibility index (Phi) is 7.13. The van der Waals surface area contributed by atoms with E-state index in [1.807, 2.05) is 49.4 Å². The molecule has 170 valence electrons. The summed E-state index contributed by atoms with van der Waals surface area (Å²) in [5.41, 5.74) is 3.43. The molecule has 0 aliphatic heterocycles. The van der Waals surface area contributed by atoms with Gasteiger partial charge in [0.2, 0.25) is 5.91 Å². The highest BCUT2D eigenvalue weighted by molar-refractivity contribution is 5.86. The number of aromatic nitrogens is 1. The molecular weight excluding hydrogens is 408 g/mol. The van der Waals surface area contributed by atoms with Crippen LogP contribution in [0, 0.1) is 0 Å². The van der Waals surface area contributed by atoms with E-state index in [-0.39, 0.29) is 17.9 Å². The minimum atomic E-state index is -0.0777. The highest BCUT2D eigenvalue weighted by Crippen LogP contribution is 2.36. The number of nitrogens with zero attached hydrogens (tertiary/aromatic N) is 1. The molecule has 0 fully saturated rings. The quantitative estimate of drug-likeness (QED) is 0.308. The normalized spacial score (nSPS) is 12.9. The molecule has 1 amide bonds. The van der Waals surface area contributed by atoms with E-state index in [0.29, 0.717) is 6.42 Å². The van der Waals surface area contributed by atoms with Crippen LogP contribution in [-0.4, -0.2) is 16.5 Å². The Bertz CT molecular complexity index is 1210. The Morgan fingerprint density at radius 1 is 0.939 bits per heavy atom. The van der Waals surface area contributed by atoms with Crippen LogP contribution < -0.4 is 10.1 Å². The van der Waals surface area contributed by atoms with Gasteiger partial charge in [0, 0.05) is 42.0 Å². The number of carbonyl (C=O) groups is 1. The Balaban J connectivity index is 1.74. The molecule has 4 heteroatoms. The fraction of sp³-hybridized carbons (Fsp3) is 0.276. The van der Waals surface area contributed by atoms with Gasteiger partial charge in [0.1, 0.15) is 11.5 Å². The summed E-state index contributed by atoms with van der Waals surface area (Å²) >= 11 is 0. The Morgan fingerprint density at radius 3 is 2.42 bits per heavy atom. The lowest BCUT2D eigenvalue weighted by Crippen LogP contribution is -2.33. The molecule has 1 heterocycles. The van der Waals surface area contributed by atoms with Crippen molar-refractivity contribution in [2.24, 2.45) is 0 Å². The largest absolute Gasteiger partial charge is 0.457 e. The fourth-order valence-corrected chi connectivity index (χ4v) is 4.26. The molecule has 3 aromatic carbocycles. The average molecular weight is 441 g/mol. The third kappa shape index (κ3) is 5.28. The molecule has 0 spiro atoms. The van der Waals surface area contributed by atoms with E-state index in [0.717, 1.165) is 30.0 Å². The number of ether oxygens (including phenoxy) is 1. The monoisotopic (exact) mass is 440 g/mol. The van der Waals surface area contributed by atoms with Crippen LogP contribution in [0.5, 0.6) is 11.5 Å². The van der Waals surface area contributed by atoms with Crippen molar-refractivity contribution in [1.29, 1.82) is 0 Å². The first-order valence-electron chi connectivity index (χ1n) is 11.8. The van der Waals surface area contributed by atoms with Crippen LogP contribution >= 0.6 is 0 Å². The van der Waals surface area contributed by atoms with Crippen molar-refractivity contribution in [2.45, 2.75) is 52.1 Å². The van der Waals surface area contributed by atoms with E-state index in [2.05, 4.69) is 66.3 Å². The standard InChI is InChI=1S/C29H32N2O2/c1-4-21(3)30-29(32)19-26(27-20-31(5-2)28-17-10-9-16-25(27)28)22-12-11-15-24(18-22)33-23-13-7-6-8-14-23/h6-18,20-21,26H,4-5,19H2,1-3H3,(H,30,32). The van der Waals surface area contributed by atoms with E-state index in [4.69, 9.17) is 4.74 Å². The maximum atomic E-state index is 13.0. The van der Waals surface area contributed by atoms with Gasteiger partial charge in [-0.3, -0.25) is 4.79 Å². The van der Waals surface area contributed by atoms with Crippen molar-refractivity contribution in [3.63, 3.8) is 0 Å². The van der Waals surface area contributed by atoms with Gasteiger partial charge in [0.15, 0.2) is 0 Å². The molecule has 0 saturated heterocycles. The molecule has 33 heavy (non-hydrogen) atoms. The lowest BCUT2D eigenvalue weighted by atomic mass is 9.87. The third-order valence-corrected chi connectivity index (χ3v) is 6.18. The van der Waals surface area contributed by atoms with E-state index >= 15 is 0 Å². The van der Waals surface area contributed by atoms with Gasteiger partial charge in [0.05, 0.1) is 0 Å². The Hall–Kier alpha value is -3.53. The first-order chi connectivity index (χ1) is 16.1. The molecular formula is C29H32N2O2. The van der Waals surface area contributed by atoms with E-state index in [1.165, 1.54) is 16.5 Å². The summed E-state index contributed by atoms with van der Waals surface area (Å²) in [5.74, 6) is 1.55. The second-order valence-electron chi connectivity index (χ2n) is 8.51. The van der Waals surface area contributed by atoms with Crippen LogP contribution in [0.2, 0.25) is 0 Å². The molecule has 4 aromatic rings. The second kappa shape index (κ2) is 10.4. The minimum absolute atomic E-state index is 0.0667.